The minimum atomic E-state index is -0.561. The van der Waals surface area contributed by atoms with Gasteiger partial charge >= 0.3 is 0 Å². The second kappa shape index (κ2) is 4.52. The molecule has 3 rings (SSSR count). The largest absolute Gasteiger partial charge is 0.396 e. The number of aromatic amines is 1. The molecule has 1 amide bonds. The van der Waals surface area contributed by atoms with Crippen LogP contribution in [0.25, 0.3) is 0 Å². The number of aliphatic hydroxyl groups is 1. The Hall–Kier alpha value is -1.56. The third-order valence-electron chi connectivity index (χ3n) is 4.60. The third-order valence-corrected chi connectivity index (χ3v) is 4.60. The maximum absolute atomic E-state index is 12.4. The average Bonchev–Trinajstić information content (AvgIpc) is 2.83. The van der Waals surface area contributed by atoms with Crippen LogP contribution < -0.4 is 5.73 Å². The first-order chi connectivity index (χ1) is 9.10. The molecule has 6 nitrogen and oxygen atoms in total. The summed E-state index contributed by atoms with van der Waals surface area (Å²) >= 11 is 0. The van der Waals surface area contributed by atoms with E-state index >= 15 is 0 Å². The summed E-state index contributed by atoms with van der Waals surface area (Å²) < 4.78 is 0. The van der Waals surface area contributed by atoms with Crippen LogP contribution in [-0.4, -0.2) is 44.8 Å². The van der Waals surface area contributed by atoms with Crippen molar-refractivity contribution in [2.24, 2.45) is 5.92 Å². The molecule has 1 aromatic heterocycles. The fourth-order valence-electron chi connectivity index (χ4n) is 3.38. The van der Waals surface area contributed by atoms with Crippen molar-refractivity contribution >= 4 is 11.6 Å². The van der Waals surface area contributed by atoms with Gasteiger partial charge in [0.25, 0.3) is 5.91 Å². The lowest BCUT2D eigenvalue weighted by molar-refractivity contribution is -0.0886. The Morgan fingerprint density at radius 3 is 3.11 bits per heavy atom. The molecule has 0 spiro atoms. The molecule has 2 atom stereocenters. The minimum Gasteiger partial charge on any atom is -0.396 e. The van der Waals surface area contributed by atoms with E-state index in [-0.39, 0.29) is 11.8 Å². The number of aromatic nitrogens is 2. The number of nitrogens with one attached hydrogen (secondary N) is 1. The van der Waals surface area contributed by atoms with Crippen LogP contribution in [0.3, 0.4) is 0 Å². The van der Waals surface area contributed by atoms with E-state index in [1.54, 1.807) is 4.90 Å². The van der Waals surface area contributed by atoms with Gasteiger partial charge in [-0.1, -0.05) is 12.8 Å². The van der Waals surface area contributed by atoms with Crippen molar-refractivity contribution in [2.45, 2.75) is 37.7 Å². The second-order valence-corrected chi connectivity index (χ2v) is 5.75. The molecule has 2 fully saturated rings. The summed E-state index contributed by atoms with van der Waals surface area (Å²) in [5.74, 6) is 0.0886. The summed E-state index contributed by atoms with van der Waals surface area (Å²) in [6.45, 7) is 1.21. The third kappa shape index (κ3) is 2.10. The molecule has 2 heterocycles. The Morgan fingerprint density at radius 2 is 2.37 bits per heavy atom. The molecular weight excluding hydrogens is 244 g/mol. The number of carbonyl (C=O) groups is 1. The fourth-order valence-corrected chi connectivity index (χ4v) is 3.38. The van der Waals surface area contributed by atoms with Crippen molar-refractivity contribution in [3.63, 3.8) is 0 Å². The van der Waals surface area contributed by atoms with E-state index in [9.17, 15) is 9.90 Å². The van der Waals surface area contributed by atoms with Gasteiger partial charge in [0.15, 0.2) is 0 Å². The molecule has 2 aliphatic rings. The molecule has 104 valence electrons. The smallest absolute Gasteiger partial charge is 0.274 e. The number of amides is 1. The predicted molar refractivity (Wildman–Crippen MR) is 70.4 cm³/mol. The lowest BCUT2D eigenvalue weighted by atomic mass is 9.71. The highest BCUT2D eigenvalue weighted by Crippen LogP contribution is 2.40. The number of rotatable bonds is 1. The van der Waals surface area contributed by atoms with Crippen molar-refractivity contribution in [1.82, 2.24) is 15.1 Å². The van der Waals surface area contributed by atoms with Crippen LogP contribution in [0.15, 0.2) is 6.20 Å². The van der Waals surface area contributed by atoms with E-state index in [0.717, 1.165) is 25.7 Å². The lowest BCUT2D eigenvalue weighted by Gasteiger charge is -2.47. The van der Waals surface area contributed by atoms with Gasteiger partial charge in [-0.3, -0.25) is 9.89 Å². The zero-order valence-corrected chi connectivity index (χ0v) is 10.9. The van der Waals surface area contributed by atoms with E-state index in [1.165, 1.54) is 6.20 Å². The summed E-state index contributed by atoms with van der Waals surface area (Å²) in [5, 5.41) is 17.0. The van der Waals surface area contributed by atoms with Crippen LogP contribution in [-0.2, 0) is 0 Å². The number of nitrogens with zero attached hydrogens (tertiary/aromatic N) is 2. The van der Waals surface area contributed by atoms with Crippen molar-refractivity contribution in [3.8, 4) is 0 Å². The number of hydrogen-bond donors (Lipinski definition) is 3. The fraction of sp³-hybridized carbons (Fsp3) is 0.692. The zero-order valence-electron chi connectivity index (χ0n) is 10.9. The molecule has 4 N–H and O–H groups in total. The van der Waals surface area contributed by atoms with Gasteiger partial charge in [-0.25, -0.2) is 0 Å². The quantitative estimate of drug-likeness (QED) is 0.697. The van der Waals surface area contributed by atoms with Crippen molar-refractivity contribution < 1.29 is 9.90 Å². The number of carbonyl (C=O) groups excluding carboxylic acids is 1. The highest BCUT2D eigenvalue weighted by Gasteiger charge is 2.44. The van der Waals surface area contributed by atoms with E-state index in [4.69, 9.17) is 5.73 Å². The van der Waals surface area contributed by atoms with Gasteiger partial charge in [0.1, 0.15) is 5.69 Å². The first-order valence-corrected chi connectivity index (χ1v) is 6.91. The molecule has 6 heteroatoms. The normalized spacial score (nSPS) is 31.0. The van der Waals surface area contributed by atoms with Gasteiger partial charge < -0.3 is 15.7 Å². The number of nitrogens with two attached hydrogens (primary N) is 1. The molecule has 2 unspecified atom stereocenters. The molecule has 1 aromatic rings. The topological polar surface area (TPSA) is 95.2 Å². The standard InChI is InChI=1S/C13H20N4O2/c14-10-7-15-16-11(10)12(18)17-6-5-13(19)4-2-1-3-9(13)8-17/h7,9,19H,1-6,8,14H2,(H,15,16). The van der Waals surface area contributed by atoms with Gasteiger partial charge in [0, 0.05) is 19.0 Å². The summed E-state index contributed by atoms with van der Waals surface area (Å²) in [7, 11) is 0. The van der Waals surface area contributed by atoms with Gasteiger partial charge in [0.05, 0.1) is 17.5 Å². The molecule has 0 radical (unpaired) electrons. The lowest BCUT2D eigenvalue weighted by Crippen LogP contribution is -2.54. The number of fused-ring (bicyclic) bond motifs is 1. The van der Waals surface area contributed by atoms with Gasteiger partial charge in [-0.05, 0) is 19.3 Å². The number of nitrogen functional groups attached to an aromatic ring is 1. The highest BCUT2D eigenvalue weighted by molar-refractivity contribution is 5.97. The number of H-pyrrole nitrogens is 1. The number of piperidine rings is 1. The number of likely N-dealkylation sites (tertiary alicyclic amines) is 1. The van der Waals surface area contributed by atoms with Gasteiger partial charge in [-0.15, -0.1) is 0 Å². The zero-order chi connectivity index (χ0) is 13.5. The van der Waals surface area contributed by atoms with Crippen LogP contribution in [0.5, 0.6) is 0 Å². The number of anilines is 1. The Labute approximate surface area is 112 Å². The van der Waals surface area contributed by atoms with Gasteiger partial charge in [-0.2, -0.15) is 5.10 Å². The van der Waals surface area contributed by atoms with Crippen LogP contribution >= 0.6 is 0 Å². The molecule has 1 aliphatic heterocycles. The summed E-state index contributed by atoms with van der Waals surface area (Å²) in [6, 6.07) is 0. The molecule has 1 saturated carbocycles. The number of hydrogen-bond acceptors (Lipinski definition) is 4. The van der Waals surface area contributed by atoms with E-state index in [1.807, 2.05) is 0 Å². The molecule has 0 aromatic carbocycles. The van der Waals surface area contributed by atoms with Crippen molar-refractivity contribution in [1.29, 1.82) is 0 Å². The van der Waals surface area contributed by atoms with Crippen LogP contribution in [0.2, 0.25) is 0 Å². The Morgan fingerprint density at radius 1 is 1.53 bits per heavy atom. The van der Waals surface area contributed by atoms with Crippen LogP contribution in [0.4, 0.5) is 5.69 Å². The Balaban J connectivity index is 1.74. The molecule has 1 saturated heterocycles. The highest BCUT2D eigenvalue weighted by atomic mass is 16.3. The first-order valence-electron chi connectivity index (χ1n) is 6.91. The first kappa shape index (κ1) is 12.5. The maximum Gasteiger partial charge on any atom is 0.274 e. The van der Waals surface area contributed by atoms with Crippen LogP contribution in [0.1, 0.15) is 42.6 Å². The SMILES string of the molecule is Nc1cn[nH]c1C(=O)N1CCC2(O)CCCCC2C1. The van der Waals surface area contributed by atoms with E-state index < -0.39 is 5.60 Å². The summed E-state index contributed by atoms with van der Waals surface area (Å²) in [6.07, 6.45) is 6.21. The maximum atomic E-state index is 12.4. The van der Waals surface area contributed by atoms with E-state index in [2.05, 4.69) is 10.2 Å². The molecule has 0 bridgehead atoms. The summed E-state index contributed by atoms with van der Waals surface area (Å²) in [4.78, 5) is 14.1. The second-order valence-electron chi connectivity index (χ2n) is 5.75. The predicted octanol–water partition coefficient (Wildman–Crippen LogP) is 0.759. The molecular formula is C13H20N4O2. The monoisotopic (exact) mass is 264 g/mol. The minimum absolute atomic E-state index is 0.109. The molecule has 1 aliphatic carbocycles. The average molecular weight is 264 g/mol. The Kier molecular flexibility index (Phi) is 2.97. The molecule has 19 heavy (non-hydrogen) atoms. The van der Waals surface area contributed by atoms with E-state index in [0.29, 0.717) is 30.9 Å². The van der Waals surface area contributed by atoms with Crippen molar-refractivity contribution in [2.75, 3.05) is 18.8 Å². The van der Waals surface area contributed by atoms with Gasteiger partial charge in [0.2, 0.25) is 0 Å². The Bertz CT molecular complexity index is 487. The van der Waals surface area contributed by atoms with Crippen LogP contribution in [0, 0.1) is 5.92 Å². The summed E-state index contributed by atoms with van der Waals surface area (Å²) in [5.41, 5.74) is 5.90. The van der Waals surface area contributed by atoms with Crippen molar-refractivity contribution in [3.05, 3.63) is 11.9 Å².